The first-order valence-corrected chi connectivity index (χ1v) is 6.57. The van der Waals surface area contributed by atoms with E-state index >= 15 is 0 Å². The molecule has 0 aliphatic carbocycles. The van der Waals surface area contributed by atoms with Gasteiger partial charge in [0.05, 0.1) is 0 Å². The second-order valence-corrected chi connectivity index (χ2v) is 4.68. The minimum atomic E-state index is 0.0318. The van der Waals surface area contributed by atoms with E-state index < -0.39 is 0 Å². The molecule has 3 heteroatoms. The molecule has 2 nitrogen and oxygen atoms in total. The summed E-state index contributed by atoms with van der Waals surface area (Å²) in [5.74, 6) is 0.528. The Hall–Kier alpha value is -0.752. The number of rotatable bonds is 3. The van der Waals surface area contributed by atoms with Gasteiger partial charge in [0.1, 0.15) is 0 Å². The summed E-state index contributed by atoms with van der Waals surface area (Å²) < 4.78 is 3.79. The van der Waals surface area contributed by atoms with E-state index in [0.29, 0.717) is 5.92 Å². The van der Waals surface area contributed by atoms with Crippen molar-refractivity contribution in [2.45, 2.75) is 13.8 Å². The van der Waals surface area contributed by atoms with Crippen molar-refractivity contribution in [3.63, 3.8) is 0 Å². The number of hydrogen-bond acceptors (Lipinski definition) is 1. The third-order valence-electron chi connectivity index (χ3n) is 2.24. The van der Waals surface area contributed by atoms with Gasteiger partial charge in [0, 0.05) is 0 Å². The van der Waals surface area contributed by atoms with Gasteiger partial charge in [0.2, 0.25) is 0 Å². The monoisotopic (exact) mass is 373 g/mol. The van der Waals surface area contributed by atoms with Crippen LogP contribution in [-0.2, 0) is 26.4 Å². The molecule has 1 aromatic rings. The van der Waals surface area contributed by atoms with Crippen LogP contribution in [0, 0.1) is 5.92 Å². The quantitative estimate of drug-likeness (QED) is 0.792. The summed E-state index contributed by atoms with van der Waals surface area (Å²) in [4.78, 5) is 11.2. The van der Waals surface area contributed by atoms with Crippen molar-refractivity contribution in [2.75, 3.05) is 0 Å². The minimum absolute atomic E-state index is 0.0318. The summed E-state index contributed by atoms with van der Waals surface area (Å²) in [5, 5.41) is 0. The molecule has 0 radical (unpaired) electrons. The third-order valence-corrected chi connectivity index (χ3v) is 3.22. The topological polar surface area (TPSA) is 22.0 Å². The second-order valence-electron chi connectivity index (χ2n) is 3.83. The molecule has 0 bridgehead atoms. The van der Waals surface area contributed by atoms with E-state index in [-0.39, 0.29) is 5.56 Å². The molecule has 15 heavy (non-hydrogen) atoms. The van der Waals surface area contributed by atoms with Gasteiger partial charge in [-0.15, -0.1) is 0 Å². The summed E-state index contributed by atoms with van der Waals surface area (Å²) in [7, 11) is 1.77. The van der Waals surface area contributed by atoms with Crippen LogP contribution in [0.25, 0.3) is 6.08 Å². The van der Waals surface area contributed by atoms with E-state index in [2.05, 4.69) is 24.3 Å². The second kappa shape index (κ2) is 5.36. The summed E-state index contributed by atoms with van der Waals surface area (Å²) in [6.07, 6.45) is 4.00. The van der Waals surface area contributed by atoms with Crippen molar-refractivity contribution in [3.8, 4) is 0 Å². The molecule has 1 rings (SSSR count). The Balaban J connectivity index is 3.12. The Kier molecular flexibility index (Phi) is 4.41. The van der Waals surface area contributed by atoms with Gasteiger partial charge in [-0.2, -0.15) is 0 Å². The van der Waals surface area contributed by atoms with E-state index in [1.807, 2.05) is 12.3 Å². The van der Waals surface area contributed by atoms with E-state index in [9.17, 15) is 4.79 Å². The standard InChI is InChI=1S/C12H15NO.W/c1-9(2)10(3)7-11-5-6-12(14)13(4)8-11;/h3,5-9H,1-2,4H3;/b10-7+;. The van der Waals surface area contributed by atoms with Gasteiger partial charge in [-0.25, -0.2) is 0 Å². The number of pyridine rings is 1. The molecule has 0 unspecified atom stereocenters. The van der Waals surface area contributed by atoms with Crippen molar-refractivity contribution in [2.24, 2.45) is 13.0 Å². The average Bonchev–Trinajstić information content (AvgIpc) is 2.19. The number of aromatic nitrogens is 1. The number of aryl methyl sites for hydroxylation is 1. The van der Waals surface area contributed by atoms with Crippen molar-refractivity contribution in [3.05, 3.63) is 39.8 Å². The predicted octanol–water partition coefficient (Wildman–Crippen LogP) is 1.77. The van der Waals surface area contributed by atoms with Crippen LogP contribution >= 0.6 is 0 Å². The van der Waals surface area contributed by atoms with Gasteiger partial charge in [-0.3, -0.25) is 0 Å². The molecule has 0 spiro atoms. The first-order valence-electron chi connectivity index (χ1n) is 4.88. The van der Waals surface area contributed by atoms with Crippen LogP contribution < -0.4 is 5.56 Å². The maximum atomic E-state index is 11.2. The van der Waals surface area contributed by atoms with Gasteiger partial charge in [-0.05, 0) is 0 Å². The Morgan fingerprint density at radius 3 is 2.60 bits per heavy atom. The van der Waals surface area contributed by atoms with Crippen LogP contribution in [0.4, 0.5) is 0 Å². The average molecular weight is 373 g/mol. The Morgan fingerprint density at radius 2 is 2.13 bits per heavy atom. The van der Waals surface area contributed by atoms with Gasteiger partial charge in [-0.1, -0.05) is 0 Å². The molecule has 0 fully saturated rings. The Morgan fingerprint density at radius 1 is 1.47 bits per heavy atom. The summed E-state index contributed by atoms with van der Waals surface area (Å²) in [6.45, 7) is 4.35. The molecule has 0 saturated carbocycles. The van der Waals surface area contributed by atoms with Crippen LogP contribution in [0.3, 0.4) is 0 Å². The fraction of sp³-hybridized carbons (Fsp3) is 0.333. The summed E-state index contributed by atoms with van der Waals surface area (Å²) in [5.41, 5.74) is 2.44. The van der Waals surface area contributed by atoms with E-state index in [4.69, 9.17) is 0 Å². The molecular weight excluding hydrogens is 358 g/mol. The molecule has 1 heterocycles. The SMILES string of the molecule is CC(C)/C([CH]=[W])=C/c1ccc(=O)n(C)c1. The van der Waals surface area contributed by atoms with E-state index in [1.165, 1.54) is 24.9 Å². The van der Waals surface area contributed by atoms with Crippen molar-refractivity contribution in [1.82, 2.24) is 4.57 Å². The van der Waals surface area contributed by atoms with Crippen LogP contribution in [0.2, 0.25) is 0 Å². The van der Waals surface area contributed by atoms with E-state index in [1.54, 1.807) is 17.7 Å². The molecule has 0 aliphatic heterocycles. The first kappa shape index (κ1) is 12.3. The van der Waals surface area contributed by atoms with Gasteiger partial charge >= 0.3 is 101 Å². The fourth-order valence-electron chi connectivity index (χ4n) is 1.23. The molecule has 80 valence electrons. The third kappa shape index (κ3) is 3.39. The molecule has 0 amide bonds. The van der Waals surface area contributed by atoms with Crippen molar-refractivity contribution in [1.29, 1.82) is 0 Å². The molecule has 0 aromatic carbocycles. The van der Waals surface area contributed by atoms with Gasteiger partial charge < -0.3 is 0 Å². The van der Waals surface area contributed by atoms with Gasteiger partial charge in [0.25, 0.3) is 0 Å². The fourth-order valence-corrected chi connectivity index (χ4v) is 2.45. The molecule has 0 N–H and O–H groups in total. The predicted molar refractivity (Wildman–Crippen MR) is 60.6 cm³/mol. The van der Waals surface area contributed by atoms with Crippen LogP contribution in [0.5, 0.6) is 0 Å². The molecule has 0 saturated heterocycles. The van der Waals surface area contributed by atoms with Crippen molar-refractivity contribution < 1.29 is 19.4 Å². The molecular formula is C12H15NOW. The number of allylic oxidation sites excluding steroid dienone is 1. The van der Waals surface area contributed by atoms with Crippen LogP contribution in [0.15, 0.2) is 28.7 Å². The molecule has 1 aromatic heterocycles. The first-order chi connectivity index (χ1) is 7.04. The van der Waals surface area contributed by atoms with E-state index in [0.717, 1.165) is 5.56 Å². The summed E-state index contributed by atoms with van der Waals surface area (Å²) >= 11 is 1.45. The van der Waals surface area contributed by atoms with Crippen LogP contribution in [-0.4, -0.2) is 8.97 Å². The van der Waals surface area contributed by atoms with Crippen molar-refractivity contribution >= 4 is 10.5 Å². The van der Waals surface area contributed by atoms with Gasteiger partial charge in [0.15, 0.2) is 0 Å². The normalized spacial score (nSPS) is 11.9. The Labute approximate surface area is 101 Å². The van der Waals surface area contributed by atoms with Crippen LogP contribution in [0.1, 0.15) is 19.4 Å². The Bertz CT molecular complexity index is 443. The molecule has 0 aliphatic rings. The maximum absolute atomic E-state index is 11.2. The number of hydrogen-bond donors (Lipinski definition) is 0. The zero-order chi connectivity index (χ0) is 11.4. The molecule has 0 atom stereocenters. The zero-order valence-corrected chi connectivity index (χ0v) is 12.2. The summed E-state index contributed by atoms with van der Waals surface area (Å²) in [6, 6.07) is 3.47. The number of nitrogens with zero attached hydrogens (tertiary/aromatic N) is 1. The zero-order valence-electron chi connectivity index (χ0n) is 9.23.